The molecule has 8 heteroatoms. The zero-order valence-corrected chi connectivity index (χ0v) is 18.0. The number of hydrogen-bond acceptors (Lipinski definition) is 8. The smallest absolute Gasteiger partial charge is 0.146 e. The van der Waals surface area contributed by atoms with Crippen molar-refractivity contribution < 1.29 is 9.57 Å². The number of hydrogen-bond donors (Lipinski definition) is 3. The molecule has 0 spiro atoms. The van der Waals surface area contributed by atoms with Crippen molar-refractivity contribution in [1.82, 2.24) is 30.8 Å². The summed E-state index contributed by atoms with van der Waals surface area (Å²) in [4.78, 5) is 13.9. The van der Waals surface area contributed by atoms with Gasteiger partial charge in [0.25, 0.3) is 0 Å². The average molecular weight is 409 g/mol. The molecular formula is C21H40N6O2. The largest absolute Gasteiger partial charge is 0.379 e. The van der Waals surface area contributed by atoms with Crippen LogP contribution in [0.1, 0.15) is 38.5 Å². The molecule has 5 aliphatic rings. The van der Waals surface area contributed by atoms with Crippen LogP contribution in [-0.2, 0) is 9.57 Å². The molecule has 0 aliphatic carbocycles. The van der Waals surface area contributed by atoms with Crippen LogP contribution in [0.3, 0.4) is 0 Å². The Kier molecular flexibility index (Phi) is 6.70. The molecule has 5 atom stereocenters. The van der Waals surface area contributed by atoms with Gasteiger partial charge in [-0.15, -0.1) is 0 Å². The van der Waals surface area contributed by atoms with Gasteiger partial charge in [-0.3, -0.25) is 20.0 Å². The zero-order chi connectivity index (χ0) is 19.6. The van der Waals surface area contributed by atoms with E-state index in [0.29, 0.717) is 18.1 Å². The van der Waals surface area contributed by atoms with E-state index in [1.54, 1.807) is 0 Å². The number of piperidine rings is 2. The van der Waals surface area contributed by atoms with Crippen molar-refractivity contribution in [2.45, 2.75) is 69.2 Å². The number of rotatable bonds is 4. The van der Waals surface area contributed by atoms with Gasteiger partial charge in [0, 0.05) is 19.1 Å². The van der Waals surface area contributed by atoms with E-state index in [0.717, 1.165) is 38.9 Å². The van der Waals surface area contributed by atoms with Gasteiger partial charge >= 0.3 is 0 Å². The molecule has 8 nitrogen and oxygen atoms in total. The van der Waals surface area contributed by atoms with Gasteiger partial charge in [0.05, 0.1) is 31.6 Å². The highest BCUT2D eigenvalue weighted by atomic mass is 16.7. The van der Waals surface area contributed by atoms with E-state index >= 15 is 0 Å². The quantitative estimate of drug-likeness (QED) is 0.600. The van der Waals surface area contributed by atoms with Crippen molar-refractivity contribution in [1.29, 1.82) is 0 Å². The number of nitrogens with zero attached hydrogens (tertiary/aromatic N) is 3. The molecule has 0 aromatic heterocycles. The molecule has 0 aromatic carbocycles. The summed E-state index contributed by atoms with van der Waals surface area (Å²) in [6, 6.07) is 1.24. The summed E-state index contributed by atoms with van der Waals surface area (Å²) >= 11 is 0. The molecule has 0 bridgehead atoms. The van der Waals surface area contributed by atoms with Crippen LogP contribution >= 0.6 is 0 Å². The van der Waals surface area contributed by atoms with Crippen molar-refractivity contribution in [2.24, 2.45) is 5.92 Å². The standard InChI is InChI=1S/C21H40N6O2/c1-25-9-5-17(6-10-25)27-8-2-3-18(27)21-23-20(24-29-21)16-4-7-22-19(15-16)26-11-13-28-14-12-26/h16-24H,2-15H2,1H3/t16?,18-,19?,20?,21?/m0/s1. The molecule has 3 N–H and O–H groups in total. The first-order chi connectivity index (χ1) is 14.3. The van der Waals surface area contributed by atoms with Gasteiger partial charge in [0.2, 0.25) is 0 Å². The molecule has 5 saturated heterocycles. The van der Waals surface area contributed by atoms with E-state index in [4.69, 9.17) is 9.57 Å². The first-order valence-corrected chi connectivity index (χ1v) is 11.9. The van der Waals surface area contributed by atoms with Crippen LogP contribution in [0.15, 0.2) is 0 Å². The monoisotopic (exact) mass is 408 g/mol. The molecule has 0 aromatic rings. The molecule has 5 rings (SSSR count). The number of morpholine rings is 1. The fraction of sp³-hybridized carbons (Fsp3) is 1.00. The lowest BCUT2D eigenvalue weighted by Crippen LogP contribution is -2.57. The second kappa shape index (κ2) is 9.44. The van der Waals surface area contributed by atoms with Crippen LogP contribution in [0.2, 0.25) is 0 Å². The van der Waals surface area contributed by atoms with Gasteiger partial charge < -0.3 is 15.0 Å². The number of likely N-dealkylation sites (tertiary alicyclic amines) is 2. The van der Waals surface area contributed by atoms with Crippen molar-refractivity contribution >= 4 is 0 Å². The van der Waals surface area contributed by atoms with E-state index in [1.165, 1.54) is 58.2 Å². The van der Waals surface area contributed by atoms with E-state index < -0.39 is 0 Å². The summed E-state index contributed by atoms with van der Waals surface area (Å²) in [5.74, 6) is 0.604. The number of hydroxylamine groups is 1. The van der Waals surface area contributed by atoms with Crippen molar-refractivity contribution in [3.05, 3.63) is 0 Å². The highest BCUT2D eigenvalue weighted by molar-refractivity contribution is 4.95. The van der Waals surface area contributed by atoms with Crippen molar-refractivity contribution in [3.63, 3.8) is 0 Å². The van der Waals surface area contributed by atoms with E-state index in [1.807, 2.05) is 0 Å². The van der Waals surface area contributed by atoms with Crippen LogP contribution in [0.5, 0.6) is 0 Å². The van der Waals surface area contributed by atoms with Gasteiger partial charge in [-0.05, 0) is 77.7 Å². The SMILES string of the molecule is CN1CCC(N2CCC[C@H]2C2NC(C3CCNC(N4CCOCC4)C3)NO2)CC1. The van der Waals surface area contributed by atoms with Crippen molar-refractivity contribution in [3.8, 4) is 0 Å². The minimum absolute atomic E-state index is 0.124. The second-order valence-corrected chi connectivity index (χ2v) is 9.69. The molecule has 0 amide bonds. The molecule has 0 saturated carbocycles. The third kappa shape index (κ3) is 4.65. The molecule has 5 fully saturated rings. The summed E-state index contributed by atoms with van der Waals surface area (Å²) in [5.41, 5.74) is 3.39. The highest BCUT2D eigenvalue weighted by Crippen LogP contribution is 2.31. The third-order valence-electron chi connectivity index (χ3n) is 7.89. The molecule has 4 unspecified atom stereocenters. The predicted molar refractivity (Wildman–Crippen MR) is 112 cm³/mol. The summed E-state index contributed by atoms with van der Waals surface area (Å²) in [5, 5.41) is 7.57. The number of nitrogens with one attached hydrogen (secondary N) is 3. The lowest BCUT2D eigenvalue weighted by atomic mass is 9.92. The summed E-state index contributed by atoms with van der Waals surface area (Å²) < 4.78 is 5.53. The minimum Gasteiger partial charge on any atom is -0.379 e. The Labute approximate surface area is 175 Å². The van der Waals surface area contributed by atoms with Crippen LogP contribution in [0.4, 0.5) is 0 Å². The molecule has 5 heterocycles. The Bertz CT molecular complexity index is 525. The Balaban J connectivity index is 1.15. The maximum atomic E-state index is 6.16. The van der Waals surface area contributed by atoms with Gasteiger partial charge in [-0.25, -0.2) is 0 Å². The van der Waals surface area contributed by atoms with E-state index in [2.05, 4.69) is 37.9 Å². The fourth-order valence-corrected chi connectivity index (χ4v) is 6.13. The Morgan fingerprint density at radius 3 is 2.59 bits per heavy atom. The summed E-state index contributed by atoms with van der Waals surface area (Å²) in [7, 11) is 2.25. The predicted octanol–water partition coefficient (Wildman–Crippen LogP) is -0.0205. The van der Waals surface area contributed by atoms with Gasteiger partial charge in [0.15, 0.2) is 0 Å². The maximum Gasteiger partial charge on any atom is 0.146 e. The van der Waals surface area contributed by atoms with E-state index in [-0.39, 0.29) is 12.4 Å². The summed E-state index contributed by atoms with van der Waals surface area (Å²) in [6.07, 6.45) is 8.39. The van der Waals surface area contributed by atoms with Crippen LogP contribution in [0.25, 0.3) is 0 Å². The molecule has 0 radical (unpaired) electrons. The Morgan fingerprint density at radius 1 is 0.931 bits per heavy atom. The lowest BCUT2D eigenvalue weighted by molar-refractivity contribution is -0.0392. The zero-order valence-electron chi connectivity index (χ0n) is 18.0. The van der Waals surface area contributed by atoms with Gasteiger partial charge in [-0.2, -0.15) is 5.48 Å². The van der Waals surface area contributed by atoms with Crippen LogP contribution < -0.4 is 16.1 Å². The lowest BCUT2D eigenvalue weighted by Gasteiger charge is -2.41. The minimum atomic E-state index is 0.124. The average Bonchev–Trinajstić information content (AvgIpc) is 3.45. The van der Waals surface area contributed by atoms with Gasteiger partial charge in [0.1, 0.15) is 6.23 Å². The first kappa shape index (κ1) is 20.6. The fourth-order valence-electron chi connectivity index (χ4n) is 6.13. The maximum absolute atomic E-state index is 6.16. The Morgan fingerprint density at radius 2 is 1.76 bits per heavy atom. The molecule has 5 aliphatic heterocycles. The topological polar surface area (TPSA) is 64.3 Å². The molecular weight excluding hydrogens is 368 g/mol. The van der Waals surface area contributed by atoms with Crippen molar-refractivity contribution in [2.75, 3.05) is 59.5 Å². The highest BCUT2D eigenvalue weighted by Gasteiger charge is 2.43. The number of ether oxygens (including phenoxy) is 1. The first-order valence-electron chi connectivity index (χ1n) is 11.9. The Hall–Kier alpha value is -0.320. The van der Waals surface area contributed by atoms with E-state index in [9.17, 15) is 0 Å². The second-order valence-electron chi connectivity index (χ2n) is 9.69. The summed E-state index contributed by atoms with van der Waals surface area (Å²) in [6.45, 7) is 8.59. The van der Waals surface area contributed by atoms with Crippen LogP contribution in [0, 0.1) is 5.92 Å². The normalized spacial score (nSPS) is 41.9. The molecule has 29 heavy (non-hydrogen) atoms. The van der Waals surface area contributed by atoms with Crippen LogP contribution in [-0.4, -0.2) is 105 Å². The third-order valence-corrected chi connectivity index (χ3v) is 7.89. The van der Waals surface area contributed by atoms with Gasteiger partial charge in [-0.1, -0.05) is 0 Å². The molecule has 166 valence electrons.